The smallest absolute Gasteiger partial charge is 0.310 e. The van der Waals surface area contributed by atoms with E-state index in [0.29, 0.717) is 12.8 Å². The summed E-state index contributed by atoms with van der Waals surface area (Å²) in [7, 11) is 0. The quantitative estimate of drug-likeness (QED) is 0.0262. The molecule has 0 bridgehead atoms. The Balaban J connectivity index is 4.46. The van der Waals surface area contributed by atoms with Crippen LogP contribution in [0.25, 0.3) is 0 Å². The highest BCUT2D eigenvalue weighted by atomic mass is 16.6. The molecule has 0 rings (SSSR count). The summed E-state index contributed by atoms with van der Waals surface area (Å²) in [5.74, 6) is -1.04. The second-order valence-corrected chi connectivity index (χ2v) is 18.5. The van der Waals surface area contributed by atoms with Gasteiger partial charge in [0.25, 0.3) is 0 Å². The molecular formula is C61H104O6. The van der Waals surface area contributed by atoms with Crippen molar-refractivity contribution >= 4 is 17.9 Å². The van der Waals surface area contributed by atoms with Crippen molar-refractivity contribution in [3.8, 4) is 0 Å². The minimum atomic E-state index is -0.831. The van der Waals surface area contributed by atoms with E-state index >= 15 is 0 Å². The maximum atomic E-state index is 12.8. The highest BCUT2D eigenvalue weighted by molar-refractivity contribution is 5.72. The van der Waals surface area contributed by atoms with Crippen LogP contribution in [0.2, 0.25) is 0 Å². The lowest BCUT2D eigenvalue weighted by Gasteiger charge is -2.18. The van der Waals surface area contributed by atoms with Gasteiger partial charge in [0, 0.05) is 12.8 Å². The van der Waals surface area contributed by atoms with Crippen LogP contribution in [0.3, 0.4) is 0 Å². The number of allylic oxidation sites excluding steroid dienone is 13. The Kier molecular flexibility index (Phi) is 52.4. The van der Waals surface area contributed by atoms with E-state index in [1.165, 1.54) is 148 Å². The average molecular weight is 933 g/mol. The van der Waals surface area contributed by atoms with E-state index in [-0.39, 0.29) is 31.6 Å². The SMILES string of the molecule is CC/C=C\C/C=C\C/C=C\C/C=C\C/C=C\CC(=O)OC(COC(=O)CCCCCCCCCCC/C=C\C/C=C\CCCCC)COC(=O)CCCCCCCCCCCCCCCCC. The lowest BCUT2D eigenvalue weighted by Crippen LogP contribution is -2.30. The third-order valence-corrected chi connectivity index (χ3v) is 11.9. The molecule has 0 saturated heterocycles. The van der Waals surface area contributed by atoms with E-state index in [2.05, 4.69) is 93.7 Å². The Morgan fingerprint density at radius 3 is 1.01 bits per heavy atom. The van der Waals surface area contributed by atoms with Crippen molar-refractivity contribution in [1.82, 2.24) is 0 Å². The van der Waals surface area contributed by atoms with Crippen molar-refractivity contribution in [2.45, 2.75) is 271 Å². The summed E-state index contributed by atoms with van der Waals surface area (Å²) in [6, 6.07) is 0. The number of hydrogen-bond donors (Lipinski definition) is 0. The van der Waals surface area contributed by atoms with E-state index in [9.17, 15) is 14.4 Å². The Morgan fingerprint density at radius 2 is 0.627 bits per heavy atom. The van der Waals surface area contributed by atoms with Crippen LogP contribution >= 0.6 is 0 Å². The summed E-state index contributed by atoms with van der Waals surface area (Å²) in [5, 5.41) is 0. The fourth-order valence-electron chi connectivity index (χ4n) is 7.73. The van der Waals surface area contributed by atoms with Gasteiger partial charge < -0.3 is 14.2 Å². The molecule has 0 spiro atoms. The summed E-state index contributed by atoms with van der Waals surface area (Å²) >= 11 is 0. The molecule has 6 nitrogen and oxygen atoms in total. The summed E-state index contributed by atoms with van der Waals surface area (Å²) < 4.78 is 16.7. The Bertz CT molecular complexity index is 1300. The van der Waals surface area contributed by atoms with Gasteiger partial charge in [-0.3, -0.25) is 14.4 Å². The first-order valence-corrected chi connectivity index (χ1v) is 28.1. The maximum absolute atomic E-state index is 12.8. The Hall–Kier alpha value is -3.41. The summed E-state index contributed by atoms with van der Waals surface area (Å²) in [6.07, 6.45) is 71.7. The topological polar surface area (TPSA) is 78.9 Å². The van der Waals surface area contributed by atoms with Gasteiger partial charge in [0.1, 0.15) is 13.2 Å². The summed E-state index contributed by atoms with van der Waals surface area (Å²) in [6.45, 7) is 6.43. The Morgan fingerprint density at radius 1 is 0.328 bits per heavy atom. The van der Waals surface area contributed by atoms with Gasteiger partial charge in [0.05, 0.1) is 6.42 Å². The van der Waals surface area contributed by atoms with Crippen LogP contribution < -0.4 is 0 Å². The highest BCUT2D eigenvalue weighted by Gasteiger charge is 2.19. The van der Waals surface area contributed by atoms with Gasteiger partial charge in [0.2, 0.25) is 0 Å². The zero-order valence-corrected chi connectivity index (χ0v) is 43.9. The van der Waals surface area contributed by atoms with Gasteiger partial charge in [-0.05, 0) is 77.0 Å². The minimum absolute atomic E-state index is 0.0970. The van der Waals surface area contributed by atoms with E-state index in [0.717, 1.165) is 77.0 Å². The lowest BCUT2D eigenvalue weighted by atomic mass is 10.0. The van der Waals surface area contributed by atoms with Crippen molar-refractivity contribution in [2.75, 3.05) is 13.2 Å². The van der Waals surface area contributed by atoms with E-state index < -0.39 is 12.1 Å². The molecule has 0 amide bonds. The molecule has 0 aliphatic carbocycles. The molecule has 0 aliphatic heterocycles. The third-order valence-electron chi connectivity index (χ3n) is 11.9. The molecule has 0 heterocycles. The zero-order chi connectivity index (χ0) is 48.6. The first-order valence-electron chi connectivity index (χ1n) is 28.1. The van der Waals surface area contributed by atoms with Crippen molar-refractivity contribution < 1.29 is 28.6 Å². The molecule has 6 heteroatoms. The number of hydrogen-bond acceptors (Lipinski definition) is 6. The standard InChI is InChI=1S/C61H104O6/c1-4-7-10-13-16-19-22-25-28-29-30-31-34-36-39-42-45-48-51-54-60(63)66-57-58(67-61(64)55-52-49-46-43-40-37-33-27-24-21-18-15-12-9-6-3)56-65-59(62)53-50-47-44-41-38-35-32-26-23-20-17-14-11-8-5-2/h9,12,16,18-19,21,25,27-28,33,40,43,49,52,58H,4-8,10-11,13-15,17,20,22-24,26,29-32,34-39,41-42,44-48,50-51,53-57H2,1-3H3/b12-9-,19-16-,21-18-,28-25-,33-27-,43-40-,52-49-. The van der Waals surface area contributed by atoms with Gasteiger partial charge >= 0.3 is 17.9 Å². The number of ether oxygens (including phenoxy) is 3. The fourth-order valence-corrected chi connectivity index (χ4v) is 7.73. The van der Waals surface area contributed by atoms with Gasteiger partial charge in [-0.2, -0.15) is 0 Å². The molecule has 0 aromatic rings. The summed E-state index contributed by atoms with van der Waals surface area (Å²) in [5.41, 5.74) is 0. The van der Waals surface area contributed by atoms with Gasteiger partial charge in [-0.15, -0.1) is 0 Å². The van der Waals surface area contributed by atoms with Crippen LogP contribution in [0.1, 0.15) is 265 Å². The molecule has 0 radical (unpaired) electrons. The monoisotopic (exact) mass is 933 g/mol. The molecule has 0 aromatic heterocycles. The molecule has 0 fully saturated rings. The molecule has 67 heavy (non-hydrogen) atoms. The lowest BCUT2D eigenvalue weighted by molar-refractivity contribution is -0.166. The highest BCUT2D eigenvalue weighted by Crippen LogP contribution is 2.15. The van der Waals surface area contributed by atoms with E-state index in [1.54, 1.807) is 6.08 Å². The van der Waals surface area contributed by atoms with E-state index in [1.807, 2.05) is 6.08 Å². The zero-order valence-electron chi connectivity index (χ0n) is 43.9. The largest absolute Gasteiger partial charge is 0.462 e. The van der Waals surface area contributed by atoms with Crippen molar-refractivity contribution in [3.63, 3.8) is 0 Å². The fraction of sp³-hybridized carbons (Fsp3) is 0.721. The maximum Gasteiger partial charge on any atom is 0.310 e. The molecule has 384 valence electrons. The molecule has 1 unspecified atom stereocenters. The number of rotatable bonds is 50. The average Bonchev–Trinajstić information content (AvgIpc) is 3.33. The van der Waals surface area contributed by atoms with Gasteiger partial charge in [0.15, 0.2) is 6.10 Å². The second-order valence-electron chi connectivity index (χ2n) is 18.5. The number of unbranched alkanes of at least 4 members (excludes halogenated alkanes) is 26. The molecule has 0 aromatic carbocycles. The van der Waals surface area contributed by atoms with Gasteiger partial charge in [-0.25, -0.2) is 0 Å². The van der Waals surface area contributed by atoms with E-state index in [4.69, 9.17) is 14.2 Å². The van der Waals surface area contributed by atoms with Gasteiger partial charge in [-0.1, -0.05) is 254 Å². The molecular weight excluding hydrogens is 829 g/mol. The molecule has 0 saturated carbocycles. The third kappa shape index (κ3) is 53.4. The van der Waals surface area contributed by atoms with Crippen molar-refractivity contribution in [1.29, 1.82) is 0 Å². The molecule has 0 aliphatic rings. The van der Waals surface area contributed by atoms with Crippen LogP contribution in [0, 0.1) is 0 Å². The number of carbonyl (C=O) groups is 3. The van der Waals surface area contributed by atoms with Crippen LogP contribution in [0.15, 0.2) is 85.1 Å². The molecule has 1 atom stereocenters. The van der Waals surface area contributed by atoms with Crippen LogP contribution in [-0.4, -0.2) is 37.2 Å². The normalized spacial score (nSPS) is 12.7. The van der Waals surface area contributed by atoms with Crippen LogP contribution in [-0.2, 0) is 28.6 Å². The Labute approximate surface area is 414 Å². The predicted molar refractivity (Wildman–Crippen MR) is 288 cm³/mol. The van der Waals surface area contributed by atoms with Crippen LogP contribution in [0.4, 0.5) is 0 Å². The number of carbonyl (C=O) groups excluding carboxylic acids is 3. The first kappa shape index (κ1) is 63.6. The predicted octanol–water partition coefficient (Wildman–Crippen LogP) is 18.8. The summed E-state index contributed by atoms with van der Waals surface area (Å²) in [4.78, 5) is 38.0. The number of esters is 3. The first-order chi connectivity index (χ1) is 33.0. The van der Waals surface area contributed by atoms with Crippen LogP contribution in [0.5, 0.6) is 0 Å². The minimum Gasteiger partial charge on any atom is -0.462 e. The van der Waals surface area contributed by atoms with Crippen molar-refractivity contribution in [3.05, 3.63) is 85.1 Å². The molecule has 0 N–H and O–H groups in total. The van der Waals surface area contributed by atoms with Crippen molar-refractivity contribution in [2.24, 2.45) is 0 Å². The second kappa shape index (κ2) is 55.2.